The summed E-state index contributed by atoms with van der Waals surface area (Å²) in [6, 6.07) is 7.55. The maximum atomic E-state index is 12.9. The largest absolute Gasteiger partial charge is 0.444 e. The van der Waals surface area contributed by atoms with Crippen LogP contribution in [0.25, 0.3) is 0 Å². The predicted octanol–water partition coefficient (Wildman–Crippen LogP) is 4.93. The number of amides is 2. The Morgan fingerprint density at radius 1 is 1.32 bits per heavy atom. The van der Waals surface area contributed by atoms with Gasteiger partial charge in [0.15, 0.2) is 0 Å². The van der Waals surface area contributed by atoms with Crippen molar-refractivity contribution in [3.63, 3.8) is 0 Å². The Morgan fingerprint density at radius 2 is 1.96 bits per heavy atom. The third kappa shape index (κ3) is 7.21. The zero-order chi connectivity index (χ0) is 20.9. The van der Waals surface area contributed by atoms with E-state index in [0.29, 0.717) is 18.1 Å². The number of halogens is 1. The van der Waals surface area contributed by atoms with Gasteiger partial charge in [-0.1, -0.05) is 11.6 Å². The smallest absolute Gasteiger partial charge is 0.410 e. The zero-order valence-electron chi connectivity index (χ0n) is 17.4. The summed E-state index contributed by atoms with van der Waals surface area (Å²) in [7, 11) is 1.76. The number of ether oxygens (including phenoxy) is 1. The van der Waals surface area contributed by atoms with Crippen LogP contribution >= 0.6 is 23.4 Å². The molecule has 5 nitrogen and oxygen atoms in total. The van der Waals surface area contributed by atoms with Crippen molar-refractivity contribution in [2.24, 2.45) is 5.92 Å². The summed E-state index contributed by atoms with van der Waals surface area (Å²) in [6.07, 6.45) is 1.65. The molecule has 1 aliphatic heterocycles. The molecular weight excluding hydrogens is 396 g/mol. The lowest BCUT2D eigenvalue weighted by atomic mass is 9.97. The van der Waals surface area contributed by atoms with Crippen molar-refractivity contribution in [3.8, 4) is 0 Å². The molecule has 7 heteroatoms. The molecule has 1 aromatic carbocycles. The van der Waals surface area contributed by atoms with Gasteiger partial charge in [-0.3, -0.25) is 4.79 Å². The van der Waals surface area contributed by atoms with E-state index in [4.69, 9.17) is 16.3 Å². The first-order valence-electron chi connectivity index (χ1n) is 9.70. The van der Waals surface area contributed by atoms with Crippen LogP contribution in [-0.2, 0) is 9.53 Å². The Balaban J connectivity index is 1.88. The first kappa shape index (κ1) is 22.9. The second-order valence-corrected chi connectivity index (χ2v) is 10.2. The second-order valence-electron chi connectivity index (χ2n) is 8.37. The Kier molecular flexibility index (Phi) is 8.07. The highest BCUT2D eigenvalue weighted by atomic mass is 35.5. The van der Waals surface area contributed by atoms with Gasteiger partial charge in [0.1, 0.15) is 5.60 Å². The molecule has 0 aliphatic carbocycles. The molecule has 0 bridgehead atoms. The first-order chi connectivity index (χ1) is 13.0. The number of hydrogen-bond acceptors (Lipinski definition) is 4. The van der Waals surface area contributed by atoms with Crippen LogP contribution < -0.4 is 0 Å². The minimum atomic E-state index is -0.506. The van der Waals surface area contributed by atoms with E-state index in [9.17, 15) is 9.59 Å². The number of benzene rings is 1. The lowest BCUT2D eigenvalue weighted by molar-refractivity contribution is -0.132. The van der Waals surface area contributed by atoms with Gasteiger partial charge >= 0.3 is 6.09 Å². The van der Waals surface area contributed by atoms with Gasteiger partial charge in [0.2, 0.25) is 5.91 Å². The monoisotopic (exact) mass is 426 g/mol. The van der Waals surface area contributed by atoms with E-state index in [2.05, 4.69) is 0 Å². The summed E-state index contributed by atoms with van der Waals surface area (Å²) in [6.45, 7) is 9.57. The number of piperidine rings is 1. The molecule has 0 aromatic heterocycles. The van der Waals surface area contributed by atoms with Crippen molar-refractivity contribution in [3.05, 3.63) is 29.3 Å². The van der Waals surface area contributed by atoms with Crippen LogP contribution in [0.3, 0.4) is 0 Å². The molecule has 156 valence electrons. The van der Waals surface area contributed by atoms with Crippen LogP contribution in [0.15, 0.2) is 29.2 Å². The topological polar surface area (TPSA) is 49.9 Å². The fourth-order valence-electron chi connectivity index (χ4n) is 3.24. The Hall–Kier alpha value is -1.40. The van der Waals surface area contributed by atoms with Gasteiger partial charge in [-0.25, -0.2) is 4.79 Å². The Bertz CT molecular complexity index is 675. The quantitative estimate of drug-likeness (QED) is 0.626. The summed E-state index contributed by atoms with van der Waals surface area (Å²) >= 11 is 7.47. The fourth-order valence-corrected chi connectivity index (χ4v) is 4.32. The van der Waals surface area contributed by atoms with E-state index in [1.165, 1.54) is 0 Å². The highest BCUT2D eigenvalue weighted by Crippen LogP contribution is 2.27. The average molecular weight is 427 g/mol. The van der Waals surface area contributed by atoms with E-state index < -0.39 is 5.60 Å². The molecule has 2 rings (SSSR count). The molecule has 28 heavy (non-hydrogen) atoms. The minimum Gasteiger partial charge on any atom is -0.444 e. The lowest BCUT2D eigenvalue weighted by Gasteiger charge is -2.36. The van der Waals surface area contributed by atoms with Gasteiger partial charge < -0.3 is 14.5 Å². The van der Waals surface area contributed by atoms with Crippen molar-refractivity contribution in [1.29, 1.82) is 0 Å². The SMILES string of the molecule is CC(Sc1ccc(Cl)cc1)C(=O)N1CCCC(CN(C)C(=O)OC(C)(C)C)C1. The standard InChI is InChI=1S/C21H31ClN2O3S/c1-15(28-18-10-8-17(22)9-11-18)19(25)24-12-6-7-16(14-24)13-23(5)20(26)27-21(2,3)4/h8-11,15-16H,6-7,12-14H2,1-5H3. The van der Waals surface area contributed by atoms with Gasteiger partial charge in [-0.2, -0.15) is 0 Å². The van der Waals surface area contributed by atoms with Crippen molar-refractivity contribution >= 4 is 35.4 Å². The van der Waals surface area contributed by atoms with E-state index in [0.717, 1.165) is 24.3 Å². The fraction of sp³-hybridized carbons (Fsp3) is 0.619. The average Bonchev–Trinajstić information content (AvgIpc) is 2.61. The Morgan fingerprint density at radius 3 is 2.57 bits per heavy atom. The molecule has 1 fully saturated rings. The molecular formula is C21H31ClN2O3S. The maximum absolute atomic E-state index is 12.9. The van der Waals surface area contributed by atoms with Crippen LogP contribution in [0.2, 0.25) is 5.02 Å². The summed E-state index contributed by atoms with van der Waals surface area (Å²) in [5, 5.41) is 0.528. The Labute approximate surface area is 177 Å². The second kappa shape index (κ2) is 9.88. The zero-order valence-corrected chi connectivity index (χ0v) is 19.0. The molecule has 0 N–H and O–H groups in total. The minimum absolute atomic E-state index is 0.143. The number of rotatable bonds is 5. The van der Waals surface area contributed by atoms with E-state index in [1.807, 2.05) is 56.9 Å². The maximum Gasteiger partial charge on any atom is 0.410 e. The molecule has 2 unspecified atom stereocenters. The molecule has 1 saturated heterocycles. The molecule has 1 heterocycles. The number of likely N-dealkylation sites (tertiary alicyclic amines) is 1. The molecule has 1 aliphatic rings. The molecule has 0 radical (unpaired) electrons. The van der Waals surface area contributed by atoms with E-state index in [1.54, 1.807) is 23.7 Å². The van der Waals surface area contributed by atoms with Gasteiger partial charge in [-0.05, 0) is 70.7 Å². The first-order valence-corrected chi connectivity index (χ1v) is 11.0. The number of thioether (sulfide) groups is 1. The van der Waals surface area contributed by atoms with Crippen molar-refractivity contribution in [1.82, 2.24) is 9.80 Å². The summed E-state index contributed by atoms with van der Waals surface area (Å²) in [5.41, 5.74) is -0.506. The lowest BCUT2D eigenvalue weighted by Crippen LogP contribution is -2.46. The highest BCUT2D eigenvalue weighted by molar-refractivity contribution is 8.00. The van der Waals surface area contributed by atoms with Crippen molar-refractivity contribution < 1.29 is 14.3 Å². The van der Waals surface area contributed by atoms with Gasteiger partial charge in [0.05, 0.1) is 5.25 Å². The molecule has 0 saturated carbocycles. The van der Waals surface area contributed by atoms with Gasteiger partial charge in [-0.15, -0.1) is 11.8 Å². The number of carbonyl (C=O) groups excluding carboxylic acids is 2. The van der Waals surface area contributed by atoms with Crippen LogP contribution in [0.1, 0.15) is 40.5 Å². The van der Waals surface area contributed by atoms with E-state index in [-0.39, 0.29) is 23.2 Å². The van der Waals surface area contributed by atoms with Crippen molar-refractivity contribution in [2.45, 2.75) is 56.3 Å². The predicted molar refractivity (Wildman–Crippen MR) is 115 cm³/mol. The van der Waals surface area contributed by atoms with Crippen molar-refractivity contribution in [2.75, 3.05) is 26.7 Å². The number of hydrogen-bond donors (Lipinski definition) is 0. The van der Waals surface area contributed by atoms with Crippen LogP contribution in [0, 0.1) is 5.92 Å². The number of carbonyl (C=O) groups is 2. The molecule has 2 atom stereocenters. The summed E-state index contributed by atoms with van der Waals surface area (Å²) < 4.78 is 5.42. The van der Waals surface area contributed by atoms with Gasteiger partial charge in [0, 0.05) is 36.6 Å². The van der Waals surface area contributed by atoms with Crippen LogP contribution in [-0.4, -0.2) is 59.3 Å². The highest BCUT2D eigenvalue weighted by Gasteiger charge is 2.29. The third-order valence-electron chi connectivity index (χ3n) is 4.54. The normalized spacial score (nSPS) is 18.5. The number of nitrogens with zero attached hydrogens (tertiary/aromatic N) is 2. The van der Waals surface area contributed by atoms with Gasteiger partial charge in [0.25, 0.3) is 0 Å². The third-order valence-corrected chi connectivity index (χ3v) is 5.89. The molecule has 1 aromatic rings. The van der Waals surface area contributed by atoms with E-state index >= 15 is 0 Å². The summed E-state index contributed by atoms with van der Waals surface area (Å²) in [5.74, 6) is 0.410. The van der Waals surface area contributed by atoms with Crippen LogP contribution in [0.4, 0.5) is 4.79 Å². The summed E-state index contributed by atoms with van der Waals surface area (Å²) in [4.78, 5) is 29.7. The molecule has 0 spiro atoms. The molecule has 2 amide bonds. The van der Waals surface area contributed by atoms with Crippen LogP contribution in [0.5, 0.6) is 0 Å².